The zero-order chi connectivity index (χ0) is 20.9. The van der Waals surface area contributed by atoms with Crippen molar-refractivity contribution in [3.05, 3.63) is 50.2 Å². The number of fused-ring (bicyclic) bond motifs is 1. The van der Waals surface area contributed by atoms with Crippen molar-refractivity contribution in [3.63, 3.8) is 0 Å². The summed E-state index contributed by atoms with van der Waals surface area (Å²) in [4.78, 5) is 37.2. The Morgan fingerprint density at radius 3 is 2.66 bits per heavy atom. The summed E-state index contributed by atoms with van der Waals surface area (Å²) in [7, 11) is 2.69. The lowest BCUT2D eigenvalue weighted by molar-refractivity contribution is -0.132. The number of hydrogen-bond donors (Lipinski definition) is 1. The lowest BCUT2D eigenvalue weighted by atomic mass is 9.98. The number of aromatic nitrogens is 2. The number of rotatable bonds is 3. The molecule has 2 aromatic rings. The van der Waals surface area contributed by atoms with E-state index in [2.05, 4.69) is 5.10 Å². The second-order valence-corrected chi connectivity index (χ2v) is 6.88. The number of ether oxygens (including phenoxy) is 2. The maximum atomic E-state index is 12.7. The molecule has 0 radical (unpaired) electrons. The van der Waals surface area contributed by atoms with E-state index in [1.54, 1.807) is 19.1 Å². The van der Waals surface area contributed by atoms with E-state index >= 15 is 0 Å². The highest BCUT2D eigenvalue weighted by molar-refractivity contribution is 6.04. The fourth-order valence-corrected chi connectivity index (χ4v) is 3.52. The normalized spacial score (nSPS) is 17.6. The Morgan fingerprint density at radius 2 is 1.93 bits per heavy atom. The molecule has 1 atom stereocenters. The summed E-state index contributed by atoms with van der Waals surface area (Å²) in [5, 5.41) is 16.1. The quantitative estimate of drug-likeness (QED) is 0.807. The van der Waals surface area contributed by atoms with E-state index in [1.807, 2.05) is 6.07 Å². The second kappa shape index (κ2) is 6.80. The van der Waals surface area contributed by atoms with Gasteiger partial charge >= 0.3 is 5.69 Å². The molecule has 2 aliphatic heterocycles. The Morgan fingerprint density at radius 1 is 1.21 bits per heavy atom. The Balaban J connectivity index is 1.81. The molecule has 10 nitrogen and oxygen atoms in total. The predicted octanol–water partition coefficient (Wildman–Crippen LogP) is 0.606. The van der Waals surface area contributed by atoms with Gasteiger partial charge in [-0.1, -0.05) is 13.0 Å². The number of carbonyl (C=O) groups is 1. The van der Waals surface area contributed by atoms with Crippen LogP contribution in [0.1, 0.15) is 36.9 Å². The number of hydrogen-bond acceptors (Lipinski definition) is 7. The molecule has 152 valence electrons. The number of amides is 1. The summed E-state index contributed by atoms with van der Waals surface area (Å²) in [5.41, 5.74) is -0.408. The summed E-state index contributed by atoms with van der Waals surface area (Å²) in [6, 6.07) is 4.87. The van der Waals surface area contributed by atoms with Crippen molar-refractivity contribution < 1.29 is 19.4 Å². The molecule has 1 aromatic carbocycles. The molecule has 1 aromatic heterocycles. The molecule has 1 amide bonds. The van der Waals surface area contributed by atoms with Gasteiger partial charge in [-0.25, -0.2) is 9.80 Å². The standard InChI is InChI=1S/C19H20N4O6/c1-4-15(24)23-12(10-5-6-13-14(7-10)29-9-28-13)8-11(20-23)16-17(25)21(2)19(27)22(3)18(16)26/h5-7,12,25H,4,8-9H2,1-3H3/t12-/m0/s1. The van der Waals surface area contributed by atoms with Crippen LogP contribution >= 0.6 is 0 Å². The summed E-state index contributed by atoms with van der Waals surface area (Å²) < 4.78 is 12.6. The van der Waals surface area contributed by atoms with Crippen LogP contribution in [0.3, 0.4) is 0 Å². The van der Waals surface area contributed by atoms with Crippen molar-refractivity contribution in [1.29, 1.82) is 0 Å². The Kier molecular flexibility index (Phi) is 4.40. The van der Waals surface area contributed by atoms with Gasteiger partial charge in [0.05, 0.1) is 11.8 Å². The third-order valence-corrected chi connectivity index (χ3v) is 5.17. The van der Waals surface area contributed by atoms with Gasteiger partial charge in [0.25, 0.3) is 5.56 Å². The van der Waals surface area contributed by atoms with Gasteiger partial charge in [-0.3, -0.25) is 18.7 Å². The Hall–Kier alpha value is -3.56. The van der Waals surface area contributed by atoms with E-state index < -0.39 is 23.2 Å². The fraction of sp³-hybridized carbons (Fsp3) is 0.368. The average Bonchev–Trinajstić information content (AvgIpc) is 3.37. The second-order valence-electron chi connectivity index (χ2n) is 6.88. The van der Waals surface area contributed by atoms with E-state index in [9.17, 15) is 19.5 Å². The summed E-state index contributed by atoms with van der Waals surface area (Å²) >= 11 is 0. The first-order valence-electron chi connectivity index (χ1n) is 9.12. The zero-order valence-electron chi connectivity index (χ0n) is 16.2. The van der Waals surface area contributed by atoms with Crippen LogP contribution in [0.15, 0.2) is 32.9 Å². The lowest BCUT2D eigenvalue weighted by Gasteiger charge is -2.21. The third kappa shape index (κ3) is 2.87. The van der Waals surface area contributed by atoms with Crippen molar-refractivity contribution in [3.8, 4) is 17.4 Å². The van der Waals surface area contributed by atoms with Gasteiger partial charge in [-0.05, 0) is 17.7 Å². The van der Waals surface area contributed by atoms with E-state index in [0.717, 1.165) is 14.7 Å². The minimum absolute atomic E-state index is 0.0910. The van der Waals surface area contributed by atoms with Crippen LogP contribution in [0.2, 0.25) is 0 Å². The molecule has 10 heteroatoms. The van der Waals surface area contributed by atoms with Crippen LogP contribution in [0, 0.1) is 0 Å². The van der Waals surface area contributed by atoms with Gasteiger partial charge in [0.15, 0.2) is 11.5 Å². The molecule has 0 bridgehead atoms. The smallest absolute Gasteiger partial charge is 0.333 e. The zero-order valence-corrected chi connectivity index (χ0v) is 16.2. The van der Waals surface area contributed by atoms with Gasteiger partial charge in [-0.2, -0.15) is 5.10 Å². The van der Waals surface area contributed by atoms with Crippen molar-refractivity contribution >= 4 is 11.6 Å². The van der Waals surface area contributed by atoms with Crippen molar-refractivity contribution in [1.82, 2.24) is 14.1 Å². The molecule has 0 fully saturated rings. The highest BCUT2D eigenvalue weighted by atomic mass is 16.7. The minimum Gasteiger partial charge on any atom is -0.494 e. The highest BCUT2D eigenvalue weighted by Gasteiger charge is 2.36. The van der Waals surface area contributed by atoms with Crippen LogP contribution in [0.5, 0.6) is 17.4 Å². The van der Waals surface area contributed by atoms with Crippen molar-refractivity contribution in [2.45, 2.75) is 25.8 Å². The lowest BCUT2D eigenvalue weighted by Crippen LogP contribution is -2.39. The molecule has 29 heavy (non-hydrogen) atoms. The number of hydrazone groups is 1. The van der Waals surface area contributed by atoms with E-state index in [1.165, 1.54) is 19.1 Å². The average molecular weight is 400 g/mol. The van der Waals surface area contributed by atoms with Crippen LogP contribution in [0.25, 0.3) is 0 Å². The Labute approximate surface area is 165 Å². The predicted molar refractivity (Wildman–Crippen MR) is 102 cm³/mol. The van der Waals surface area contributed by atoms with Crippen LogP contribution in [-0.4, -0.2) is 37.7 Å². The van der Waals surface area contributed by atoms with E-state index in [4.69, 9.17) is 9.47 Å². The van der Waals surface area contributed by atoms with E-state index in [-0.39, 0.29) is 36.8 Å². The molecule has 3 heterocycles. The summed E-state index contributed by atoms with van der Waals surface area (Å²) in [6.07, 6.45) is 0.418. The van der Waals surface area contributed by atoms with E-state index in [0.29, 0.717) is 11.5 Å². The monoisotopic (exact) mass is 400 g/mol. The van der Waals surface area contributed by atoms with Gasteiger partial charge in [-0.15, -0.1) is 0 Å². The third-order valence-electron chi connectivity index (χ3n) is 5.17. The van der Waals surface area contributed by atoms with Crippen molar-refractivity contribution in [2.24, 2.45) is 19.2 Å². The molecule has 2 aliphatic rings. The molecule has 0 saturated carbocycles. The van der Waals surface area contributed by atoms with Gasteiger partial charge in [0.1, 0.15) is 5.56 Å². The molecule has 1 N–H and O–H groups in total. The van der Waals surface area contributed by atoms with Gasteiger partial charge in [0, 0.05) is 26.9 Å². The number of carbonyl (C=O) groups excluding carboxylic acids is 1. The van der Waals surface area contributed by atoms with Crippen LogP contribution < -0.4 is 20.7 Å². The molecule has 0 aliphatic carbocycles. The first-order chi connectivity index (χ1) is 13.8. The molecular formula is C19H20N4O6. The first-order valence-corrected chi connectivity index (χ1v) is 9.12. The molecule has 0 saturated heterocycles. The fourth-order valence-electron chi connectivity index (χ4n) is 3.52. The highest BCUT2D eigenvalue weighted by Crippen LogP contribution is 2.39. The topological polar surface area (TPSA) is 115 Å². The largest absolute Gasteiger partial charge is 0.494 e. The van der Waals surface area contributed by atoms with Crippen molar-refractivity contribution in [2.75, 3.05) is 6.79 Å². The molecular weight excluding hydrogens is 380 g/mol. The SMILES string of the molecule is CCC(=O)N1N=C(c2c(O)n(C)c(=O)n(C)c2=O)C[C@H]1c1ccc2c(c1)OCO2. The molecule has 0 spiro atoms. The van der Waals surface area contributed by atoms with Crippen LogP contribution in [-0.2, 0) is 18.9 Å². The number of benzene rings is 1. The first kappa shape index (κ1) is 18.8. The number of nitrogens with zero attached hydrogens (tertiary/aromatic N) is 4. The summed E-state index contributed by atoms with van der Waals surface area (Å²) in [5.74, 6) is 0.474. The van der Waals surface area contributed by atoms with Crippen LogP contribution in [0.4, 0.5) is 0 Å². The minimum atomic E-state index is -0.667. The maximum absolute atomic E-state index is 12.7. The van der Waals surface area contributed by atoms with Gasteiger partial charge in [0.2, 0.25) is 18.6 Å². The molecule has 0 unspecified atom stereocenters. The Bertz CT molecular complexity index is 1160. The summed E-state index contributed by atoms with van der Waals surface area (Å²) in [6.45, 7) is 1.85. The maximum Gasteiger partial charge on any atom is 0.333 e. The van der Waals surface area contributed by atoms with Gasteiger partial charge < -0.3 is 14.6 Å². The number of aromatic hydroxyl groups is 1. The molecule has 4 rings (SSSR count).